The van der Waals surface area contributed by atoms with Crippen LogP contribution in [0.15, 0.2) is 35.5 Å². The zero-order chi connectivity index (χ0) is 25.5. The molecule has 182 valence electrons. The Bertz CT molecular complexity index is 1280. The monoisotopic (exact) mass is 510 g/mol. The van der Waals surface area contributed by atoms with Gasteiger partial charge in [-0.2, -0.15) is 13.2 Å². The van der Waals surface area contributed by atoms with Gasteiger partial charge in [0.25, 0.3) is 11.8 Å². The van der Waals surface area contributed by atoms with Crippen molar-refractivity contribution in [3.63, 3.8) is 0 Å². The summed E-state index contributed by atoms with van der Waals surface area (Å²) < 4.78 is 55.8. The van der Waals surface area contributed by atoms with Crippen LogP contribution in [0.25, 0.3) is 0 Å². The molecule has 1 fully saturated rings. The Morgan fingerprint density at radius 2 is 2.00 bits per heavy atom. The Morgan fingerprint density at radius 1 is 1.26 bits per heavy atom. The van der Waals surface area contributed by atoms with E-state index in [1.54, 1.807) is 0 Å². The number of benzene rings is 1. The Morgan fingerprint density at radius 3 is 2.66 bits per heavy atom. The third-order valence-corrected chi connectivity index (χ3v) is 5.97. The topological polar surface area (TPSA) is 109 Å². The second-order valence-corrected chi connectivity index (χ2v) is 8.23. The third-order valence-electron chi connectivity index (χ3n) is 5.65. The smallest absolute Gasteiger partial charge is 0.322 e. The van der Waals surface area contributed by atoms with Crippen LogP contribution in [-0.4, -0.2) is 51.9 Å². The number of carbonyl (C=O) groups is 4. The van der Waals surface area contributed by atoms with E-state index in [9.17, 15) is 32.3 Å². The molecule has 2 unspecified atom stereocenters. The molecule has 3 heterocycles. The molecule has 2 aliphatic rings. The van der Waals surface area contributed by atoms with E-state index in [-0.39, 0.29) is 35.5 Å². The third kappa shape index (κ3) is 4.65. The van der Waals surface area contributed by atoms with Crippen molar-refractivity contribution in [1.29, 1.82) is 0 Å². The molecular weight excluding hydrogens is 496 g/mol. The molecule has 2 aromatic rings. The molecule has 13 heteroatoms. The molecule has 1 aromatic heterocycles. The van der Waals surface area contributed by atoms with Crippen molar-refractivity contribution in [3.8, 4) is 0 Å². The van der Waals surface area contributed by atoms with Crippen LogP contribution in [0.4, 0.5) is 17.6 Å². The number of hydrogen-bond acceptors (Lipinski definition) is 5. The molecule has 0 bridgehead atoms. The van der Waals surface area contributed by atoms with Gasteiger partial charge in [-0.1, -0.05) is 11.6 Å². The summed E-state index contributed by atoms with van der Waals surface area (Å²) in [6.45, 7) is -0.355. The molecule has 0 saturated carbocycles. The van der Waals surface area contributed by atoms with Crippen LogP contribution in [0, 0.1) is 5.82 Å². The van der Waals surface area contributed by atoms with E-state index >= 15 is 4.39 Å². The van der Waals surface area contributed by atoms with Crippen LogP contribution >= 0.6 is 11.6 Å². The number of rotatable bonds is 4. The van der Waals surface area contributed by atoms with Crippen LogP contribution in [0.3, 0.4) is 0 Å². The van der Waals surface area contributed by atoms with E-state index in [4.69, 9.17) is 11.6 Å². The number of piperidine rings is 1. The molecule has 4 amide bonds. The molecule has 0 aliphatic carbocycles. The molecule has 4 rings (SSSR count). The van der Waals surface area contributed by atoms with E-state index in [0.717, 1.165) is 23.2 Å². The molecule has 2 atom stereocenters. The molecular formula is C22H15ClF4N4O4. The van der Waals surface area contributed by atoms with E-state index in [2.05, 4.69) is 15.3 Å². The van der Waals surface area contributed by atoms with Crippen LogP contribution in [0.1, 0.15) is 50.7 Å². The summed E-state index contributed by atoms with van der Waals surface area (Å²) >= 11 is 5.80. The van der Waals surface area contributed by atoms with Crippen molar-refractivity contribution >= 4 is 41.4 Å². The van der Waals surface area contributed by atoms with Crippen molar-refractivity contribution in [2.24, 2.45) is 4.99 Å². The highest BCUT2D eigenvalue weighted by Gasteiger charge is 2.43. The fourth-order valence-corrected chi connectivity index (χ4v) is 4.16. The van der Waals surface area contributed by atoms with Gasteiger partial charge < -0.3 is 4.90 Å². The first-order chi connectivity index (χ1) is 16.5. The number of imide groups is 1. The zero-order valence-corrected chi connectivity index (χ0v) is 18.4. The van der Waals surface area contributed by atoms with Crippen molar-refractivity contribution in [2.75, 3.05) is 0 Å². The first-order valence-electron chi connectivity index (χ1n) is 10.2. The molecule has 0 radical (unpaired) electrons. The lowest BCUT2D eigenvalue weighted by Gasteiger charge is -2.29. The van der Waals surface area contributed by atoms with Crippen LogP contribution in [0.2, 0.25) is 5.02 Å². The van der Waals surface area contributed by atoms with Gasteiger partial charge in [0.15, 0.2) is 0 Å². The quantitative estimate of drug-likeness (QED) is 0.386. The van der Waals surface area contributed by atoms with Gasteiger partial charge in [-0.25, -0.2) is 9.38 Å². The Labute approximate surface area is 200 Å². The number of nitrogens with zero attached hydrogens (tertiary/aromatic N) is 3. The summed E-state index contributed by atoms with van der Waals surface area (Å²) in [5.74, 6) is -6.71. The molecule has 2 aliphatic heterocycles. The fourth-order valence-electron chi connectivity index (χ4n) is 3.92. The molecule has 1 saturated heterocycles. The van der Waals surface area contributed by atoms with E-state index in [1.165, 1.54) is 12.1 Å². The first-order valence-corrected chi connectivity index (χ1v) is 10.6. The highest BCUT2D eigenvalue weighted by molar-refractivity contribution is 6.31. The predicted octanol–water partition coefficient (Wildman–Crippen LogP) is 3.19. The molecule has 1 aromatic carbocycles. The van der Waals surface area contributed by atoms with E-state index < -0.39 is 58.8 Å². The summed E-state index contributed by atoms with van der Waals surface area (Å²) in [6.07, 6.45) is -3.44. The first kappa shape index (κ1) is 24.5. The lowest BCUT2D eigenvalue weighted by atomic mass is 10.0. The maximum absolute atomic E-state index is 15.2. The largest absolute Gasteiger partial charge is 0.402 e. The summed E-state index contributed by atoms with van der Waals surface area (Å²) in [5.41, 5.74) is -1.51. The number of fused-ring (bicyclic) bond motifs is 1. The molecule has 1 N–H and O–H groups in total. The Kier molecular flexibility index (Phi) is 6.41. The fraction of sp³-hybridized carbons (Fsp3) is 0.273. The summed E-state index contributed by atoms with van der Waals surface area (Å²) in [5, 5.41) is 1.82. The lowest BCUT2D eigenvalue weighted by molar-refractivity contribution is -0.137. The van der Waals surface area contributed by atoms with Gasteiger partial charge in [-0.15, -0.1) is 0 Å². The molecule has 35 heavy (non-hydrogen) atoms. The molecule has 0 spiro atoms. The summed E-state index contributed by atoms with van der Waals surface area (Å²) in [7, 11) is 0. The van der Waals surface area contributed by atoms with E-state index in [1.807, 2.05) is 0 Å². The number of pyridine rings is 1. The van der Waals surface area contributed by atoms with Crippen LogP contribution in [-0.2, 0) is 16.1 Å². The molecule has 8 nitrogen and oxygen atoms in total. The minimum atomic E-state index is -4.88. The van der Waals surface area contributed by atoms with Gasteiger partial charge >= 0.3 is 6.18 Å². The summed E-state index contributed by atoms with van der Waals surface area (Å²) in [6, 6.07) is 3.62. The number of amides is 4. The number of aliphatic imine (C=N–C) groups is 1. The van der Waals surface area contributed by atoms with Gasteiger partial charge in [-0.3, -0.25) is 29.5 Å². The lowest BCUT2D eigenvalue weighted by Crippen LogP contribution is -2.52. The predicted molar refractivity (Wildman–Crippen MR) is 113 cm³/mol. The number of aromatic nitrogens is 1. The van der Waals surface area contributed by atoms with E-state index in [0.29, 0.717) is 6.21 Å². The van der Waals surface area contributed by atoms with Crippen molar-refractivity contribution in [1.82, 2.24) is 15.2 Å². The maximum atomic E-state index is 15.2. The van der Waals surface area contributed by atoms with Crippen LogP contribution in [0.5, 0.6) is 0 Å². The Hall–Kier alpha value is -3.67. The average Bonchev–Trinajstić information content (AvgIpc) is 3.11. The van der Waals surface area contributed by atoms with Gasteiger partial charge in [0.2, 0.25) is 11.8 Å². The summed E-state index contributed by atoms with van der Waals surface area (Å²) in [4.78, 5) is 56.7. The number of nitrogens with one attached hydrogen (secondary N) is 1. The highest BCUT2D eigenvalue weighted by Crippen LogP contribution is 2.36. The Balaban J connectivity index is 1.60. The average molecular weight is 511 g/mol. The van der Waals surface area contributed by atoms with Gasteiger partial charge in [-0.05, 0) is 30.7 Å². The second kappa shape index (κ2) is 9.17. The van der Waals surface area contributed by atoms with Gasteiger partial charge in [0.1, 0.15) is 17.8 Å². The zero-order valence-electron chi connectivity index (χ0n) is 17.6. The highest BCUT2D eigenvalue weighted by atomic mass is 35.5. The maximum Gasteiger partial charge on any atom is 0.402 e. The SMILES string of the molecule is O=C1CCC(N2Cc3c(ccc(C(=O)N=CC(c4ncccc4Cl)C(F)(F)F)c3F)C2=O)C(=O)N1. The number of carbonyl (C=O) groups excluding carboxylic acids is 4. The minimum absolute atomic E-state index is 0.00186. The number of alkyl halides is 3. The van der Waals surface area contributed by atoms with Gasteiger partial charge in [0, 0.05) is 30.0 Å². The standard InChI is InChI=1S/C22H15ClF4N4O4/c23-14-2-1-7-28-18(14)13(22(25,26)27)8-29-19(33)11-4-3-10-12(17(11)24)9-31(21(10)35)15-5-6-16(32)30-20(15)34/h1-4,7-8,13,15H,5-6,9H2,(H,30,32,34). The van der Waals surface area contributed by atoms with Crippen molar-refractivity contribution < 1.29 is 36.7 Å². The number of hydrogen-bond donors (Lipinski definition) is 1. The second-order valence-electron chi connectivity index (χ2n) is 7.83. The number of halogens is 5. The van der Waals surface area contributed by atoms with Crippen LogP contribution < -0.4 is 5.32 Å². The van der Waals surface area contributed by atoms with Crippen molar-refractivity contribution in [2.45, 2.75) is 37.5 Å². The van der Waals surface area contributed by atoms with Gasteiger partial charge in [0.05, 0.1) is 22.8 Å². The normalized spacial score (nSPS) is 19.2. The minimum Gasteiger partial charge on any atom is -0.322 e. The van der Waals surface area contributed by atoms with Crippen molar-refractivity contribution in [3.05, 3.63) is 63.7 Å².